The van der Waals surface area contributed by atoms with Gasteiger partial charge >= 0.3 is 0 Å². The molecule has 2 aromatic carbocycles. The van der Waals surface area contributed by atoms with E-state index in [1.165, 1.54) is 18.4 Å². The number of likely N-dealkylation sites (tertiary alicyclic amines) is 2. The predicted molar refractivity (Wildman–Crippen MR) is 144 cm³/mol. The van der Waals surface area contributed by atoms with Crippen LogP contribution < -0.4 is 9.47 Å². The number of fused-ring (bicyclic) bond motifs is 3. The number of ether oxygens (including phenoxy) is 2. The minimum atomic E-state index is 0.143. The molecule has 0 bridgehead atoms. The molecule has 5 rings (SSSR count). The van der Waals surface area contributed by atoms with E-state index in [0.717, 1.165) is 79.3 Å². The number of amides is 1. The van der Waals surface area contributed by atoms with Crippen molar-refractivity contribution in [1.82, 2.24) is 9.80 Å². The zero-order chi connectivity index (χ0) is 25.1. The average Bonchev–Trinajstić information content (AvgIpc) is 3.19. The van der Waals surface area contributed by atoms with Crippen molar-refractivity contribution in [3.8, 4) is 11.5 Å². The third-order valence-electron chi connectivity index (χ3n) is 7.74. The van der Waals surface area contributed by atoms with Crippen molar-refractivity contribution in [2.24, 2.45) is 4.99 Å². The largest absolute Gasteiger partial charge is 0.490 e. The number of carbonyl (C=O) groups excluding carboxylic acids is 1. The van der Waals surface area contributed by atoms with Crippen molar-refractivity contribution >= 4 is 11.6 Å². The predicted octanol–water partition coefficient (Wildman–Crippen LogP) is 5.14. The molecule has 6 heteroatoms. The SMILES string of the molecule is CCOc1cc2c(cc1OCC)[C@@H]1CN(C)CC[C@@H]1N=C2c1ccc(C(=O)N2CCCCCC2)cc1. The number of nitrogens with zero attached hydrogens (tertiary/aromatic N) is 3. The van der Waals surface area contributed by atoms with Crippen LogP contribution in [0.5, 0.6) is 11.5 Å². The van der Waals surface area contributed by atoms with Crippen molar-refractivity contribution in [2.75, 3.05) is 46.4 Å². The Bertz CT molecular complexity index is 1100. The summed E-state index contributed by atoms with van der Waals surface area (Å²) >= 11 is 0. The van der Waals surface area contributed by atoms with Crippen molar-refractivity contribution in [2.45, 2.75) is 57.9 Å². The molecule has 3 heterocycles. The Labute approximate surface area is 215 Å². The highest BCUT2D eigenvalue weighted by molar-refractivity contribution is 6.15. The zero-order valence-corrected chi connectivity index (χ0v) is 22.0. The second-order valence-electron chi connectivity index (χ2n) is 10.2. The molecule has 0 unspecified atom stereocenters. The summed E-state index contributed by atoms with van der Waals surface area (Å²) in [5.74, 6) is 2.05. The van der Waals surface area contributed by atoms with Crippen molar-refractivity contribution in [1.29, 1.82) is 0 Å². The van der Waals surface area contributed by atoms with Gasteiger partial charge in [-0.15, -0.1) is 0 Å². The lowest BCUT2D eigenvalue weighted by atomic mass is 9.79. The van der Waals surface area contributed by atoms with E-state index in [9.17, 15) is 4.79 Å². The maximum Gasteiger partial charge on any atom is 0.253 e. The van der Waals surface area contributed by atoms with Crippen LogP contribution in [0.15, 0.2) is 41.4 Å². The van der Waals surface area contributed by atoms with Crippen LogP contribution in [0.4, 0.5) is 0 Å². The molecule has 2 saturated heterocycles. The second kappa shape index (κ2) is 11.0. The molecule has 2 aromatic rings. The van der Waals surface area contributed by atoms with Gasteiger partial charge in [-0.05, 0) is 76.5 Å². The van der Waals surface area contributed by atoms with E-state index in [4.69, 9.17) is 14.5 Å². The minimum absolute atomic E-state index is 0.143. The van der Waals surface area contributed by atoms with E-state index in [1.807, 2.05) is 30.9 Å². The first-order chi connectivity index (χ1) is 17.6. The molecule has 192 valence electrons. The van der Waals surface area contributed by atoms with Gasteiger partial charge in [0.1, 0.15) is 0 Å². The number of piperidine rings is 1. The van der Waals surface area contributed by atoms with Gasteiger partial charge in [-0.2, -0.15) is 0 Å². The molecular weight excluding hydrogens is 450 g/mol. The molecule has 3 aliphatic rings. The number of benzene rings is 2. The summed E-state index contributed by atoms with van der Waals surface area (Å²) in [7, 11) is 2.19. The van der Waals surface area contributed by atoms with Gasteiger partial charge in [0.25, 0.3) is 5.91 Å². The van der Waals surface area contributed by atoms with Crippen LogP contribution >= 0.6 is 0 Å². The summed E-state index contributed by atoms with van der Waals surface area (Å²) < 4.78 is 12.0. The Morgan fingerprint density at radius 3 is 2.28 bits per heavy atom. The van der Waals surface area contributed by atoms with Gasteiger partial charge in [0.2, 0.25) is 0 Å². The third kappa shape index (κ3) is 5.01. The highest BCUT2D eigenvalue weighted by Crippen LogP contribution is 2.42. The monoisotopic (exact) mass is 489 g/mol. The van der Waals surface area contributed by atoms with Crippen LogP contribution in [0.2, 0.25) is 0 Å². The van der Waals surface area contributed by atoms with Gasteiger partial charge in [0.15, 0.2) is 11.5 Å². The summed E-state index contributed by atoms with van der Waals surface area (Å²) in [4.78, 5) is 22.8. The quantitative estimate of drug-likeness (QED) is 0.564. The van der Waals surface area contributed by atoms with Crippen molar-refractivity contribution in [3.63, 3.8) is 0 Å². The third-order valence-corrected chi connectivity index (χ3v) is 7.74. The molecule has 0 N–H and O–H groups in total. The van der Waals surface area contributed by atoms with Crippen molar-refractivity contribution in [3.05, 3.63) is 58.7 Å². The molecule has 1 amide bonds. The number of likely N-dealkylation sites (N-methyl/N-ethyl adjacent to an activating group) is 1. The van der Waals surface area contributed by atoms with E-state index in [-0.39, 0.29) is 11.9 Å². The zero-order valence-electron chi connectivity index (χ0n) is 22.0. The van der Waals surface area contributed by atoms with Crippen LogP contribution in [0.25, 0.3) is 0 Å². The molecule has 0 radical (unpaired) electrons. The number of aliphatic imine (C=N–C) groups is 1. The molecule has 2 fully saturated rings. The standard InChI is InChI=1S/C30H39N3O3/c1-4-35-27-18-23-24(19-28(27)36-5-2)29(31-26-14-17-32(3)20-25(23)26)21-10-12-22(13-11-21)30(34)33-15-8-6-7-9-16-33/h10-13,18-19,25-26H,4-9,14-17,20H2,1-3H3/t25-,26-/m0/s1. The van der Waals surface area contributed by atoms with Crippen LogP contribution in [0.3, 0.4) is 0 Å². The molecule has 0 aliphatic carbocycles. The summed E-state index contributed by atoms with van der Waals surface area (Å²) in [6.45, 7) is 8.93. The minimum Gasteiger partial charge on any atom is -0.490 e. The van der Waals surface area contributed by atoms with Gasteiger partial charge in [-0.25, -0.2) is 0 Å². The van der Waals surface area contributed by atoms with Gasteiger partial charge in [0, 0.05) is 42.2 Å². The fourth-order valence-corrected chi connectivity index (χ4v) is 5.88. The summed E-state index contributed by atoms with van der Waals surface area (Å²) in [5, 5.41) is 0. The Hall–Kier alpha value is -2.86. The lowest BCUT2D eigenvalue weighted by Gasteiger charge is -2.39. The normalized spacial score (nSPS) is 22.2. The van der Waals surface area contributed by atoms with Crippen LogP contribution in [-0.2, 0) is 0 Å². The number of rotatable bonds is 6. The molecule has 3 aliphatic heterocycles. The smallest absolute Gasteiger partial charge is 0.253 e. The van der Waals surface area contributed by atoms with Crippen LogP contribution in [-0.4, -0.2) is 73.9 Å². The molecule has 0 saturated carbocycles. The Kier molecular flexibility index (Phi) is 7.61. The van der Waals surface area contributed by atoms with Crippen LogP contribution in [0, 0.1) is 0 Å². The van der Waals surface area contributed by atoms with Gasteiger partial charge in [-0.1, -0.05) is 25.0 Å². The molecule has 6 nitrogen and oxygen atoms in total. The van der Waals surface area contributed by atoms with Gasteiger partial charge in [-0.3, -0.25) is 9.79 Å². The Morgan fingerprint density at radius 2 is 1.61 bits per heavy atom. The molecular formula is C30H39N3O3. The van der Waals surface area contributed by atoms with E-state index in [1.54, 1.807) is 0 Å². The topological polar surface area (TPSA) is 54.4 Å². The second-order valence-corrected chi connectivity index (χ2v) is 10.2. The maximum absolute atomic E-state index is 13.1. The first kappa shape index (κ1) is 24.8. The van der Waals surface area contributed by atoms with Crippen LogP contribution in [0.1, 0.15) is 78.9 Å². The number of hydrogen-bond donors (Lipinski definition) is 0. The fraction of sp³-hybridized carbons (Fsp3) is 0.533. The highest BCUT2D eigenvalue weighted by Gasteiger charge is 2.36. The number of carbonyl (C=O) groups is 1. The molecule has 2 atom stereocenters. The lowest BCUT2D eigenvalue weighted by Crippen LogP contribution is -2.41. The first-order valence-electron chi connectivity index (χ1n) is 13.7. The first-order valence-corrected chi connectivity index (χ1v) is 13.7. The van der Waals surface area contributed by atoms with E-state index < -0.39 is 0 Å². The summed E-state index contributed by atoms with van der Waals surface area (Å²) in [6, 6.07) is 12.6. The lowest BCUT2D eigenvalue weighted by molar-refractivity contribution is 0.0761. The van der Waals surface area contributed by atoms with E-state index in [0.29, 0.717) is 19.1 Å². The summed E-state index contributed by atoms with van der Waals surface area (Å²) in [5.41, 5.74) is 5.20. The van der Waals surface area contributed by atoms with Gasteiger partial charge in [0.05, 0.1) is 25.0 Å². The average molecular weight is 490 g/mol. The number of hydrogen-bond acceptors (Lipinski definition) is 5. The Morgan fingerprint density at radius 1 is 0.944 bits per heavy atom. The van der Waals surface area contributed by atoms with Crippen molar-refractivity contribution < 1.29 is 14.3 Å². The molecule has 36 heavy (non-hydrogen) atoms. The fourth-order valence-electron chi connectivity index (χ4n) is 5.88. The molecule has 0 spiro atoms. The summed E-state index contributed by atoms with van der Waals surface area (Å²) in [6.07, 6.45) is 5.66. The Balaban J connectivity index is 1.51. The molecule has 0 aromatic heterocycles. The highest BCUT2D eigenvalue weighted by atomic mass is 16.5. The van der Waals surface area contributed by atoms with E-state index in [2.05, 4.69) is 36.2 Å². The van der Waals surface area contributed by atoms with Gasteiger partial charge < -0.3 is 19.3 Å². The van der Waals surface area contributed by atoms with E-state index >= 15 is 0 Å². The maximum atomic E-state index is 13.1.